The molecule has 0 aliphatic carbocycles. The Morgan fingerprint density at radius 1 is 1.42 bits per heavy atom. The first-order valence-corrected chi connectivity index (χ1v) is 8.45. The molecule has 0 aromatic heterocycles. The highest BCUT2D eigenvalue weighted by Gasteiger charge is 2.29. The summed E-state index contributed by atoms with van der Waals surface area (Å²) < 4.78 is 28.9. The molecule has 0 saturated carbocycles. The Morgan fingerprint density at radius 3 is 2.89 bits per heavy atom. The zero-order valence-electron chi connectivity index (χ0n) is 11.0. The summed E-state index contributed by atoms with van der Waals surface area (Å²) in [6, 6.07) is 7.23. The topological polar surface area (TPSA) is 49.4 Å². The molecule has 0 bridgehead atoms. The quantitative estimate of drug-likeness (QED) is 0.869. The molecule has 1 heterocycles. The molecule has 1 aromatic carbocycles. The average Bonchev–Trinajstić information content (AvgIpc) is 2.38. The van der Waals surface area contributed by atoms with Crippen molar-refractivity contribution < 1.29 is 8.42 Å². The number of nitrogens with one attached hydrogen (secondary N) is 1. The number of nitrogens with zero attached hydrogens (tertiary/aromatic N) is 1. The van der Waals surface area contributed by atoms with Crippen molar-refractivity contribution in [3.63, 3.8) is 0 Å². The van der Waals surface area contributed by atoms with Crippen LogP contribution in [-0.2, 0) is 16.1 Å². The highest BCUT2D eigenvalue weighted by Crippen LogP contribution is 2.22. The van der Waals surface area contributed by atoms with Gasteiger partial charge >= 0.3 is 10.2 Å². The lowest BCUT2D eigenvalue weighted by molar-refractivity contribution is 0.270. The van der Waals surface area contributed by atoms with Crippen LogP contribution in [-0.4, -0.2) is 25.3 Å². The number of anilines is 1. The second-order valence-corrected chi connectivity index (χ2v) is 6.79. The first kappa shape index (κ1) is 14.6. The van der Waals surface area contributed by atoms with E-state index < -0.39 is 10.2 Å². The molecule has 106 valence electrons. The predicted octanol–water partition coefficient (Wildman–Crippen LogP) is 2.96. The Balaban J connectivity index is 2.15. The van der Waals surface area contributed by atoms with Crippen LogP contribution < -0.4 is 4.72 Å². The molecular weight excluding hydrogens is 284 g/mol. The number of hydrogen-bond donors (Lipinski definition) is 1. The molecule has 1 fully saturated rings. The summed E-state index contributed by atoms with van der Waals surface area (Å²) in [5.41, 5.74) is 1.46. The van der Waals surface area contributed by atoms with E-state index in [1.54, 1.807) is 22.5 Å². The number of piperidine rings is 1. The van der Waals surface area contributed by atoms with Gasteiger partial charge in [-0.05, 0) is 37.5 Å². The Kier molecular flexibility index (Phi) is 4.71. The molecule has 2 rings (SSSR count). The van der Waals surface area contributed by atoms with Crippen LogP contribution in [0.15, 0.2) is 24.3 Å². The van der Waals surface area contributed by atoms with Gasteiger partial charge in [0.1, 0.15) is 0 Å². The van der Waals surface area contributed by atoms with E-state index in [1.165, 1.54) is 0 Å². The summed E-state index contributed by atoms with van der Waals surface area (Å²) in [6.45, 7) is 2.54. The van der Waals surface area contributed by atoms with Crippen molar-refractivity contribution in [1.82, 2.24) is 4.31 Å². The predicted molar refractivity (Wildman–Crippen MR) is 78.6 cm³/mol. The lowest BCUT2D eigenvalue weighted by Crippen LogP contribution is -2.44. The third-order valence-electron chi connectivity index (χ3n) is 3.38. The van der Waals surface area contributed by atoms with E-state index in [9.17, 15) is 8.42 Å². The third-order valence-corrected chi connectivity index (χ3v) is 5.34. The van der Waals surface area contributed by atoms with E-state index in [0.29, 0.717) is 18.1 Å². The lowest BCUT2D eigenvalue weighted by Gasteiger charge is -2.32. The van der Waals surface area contributed by atoms with Crippen LogP contribution in [0.4, 0.5) is 5.69 Å². The second-order valence-electron chi connectivity index (χ2n) is 4.90. The number of rotatable bonds is 4. The van der Waals surface area contributed by atoms with Gasteiger partial charge in [-0.3, -0.25) is 4.72 Å². The zero-order valence-corrected chi connectivity index (χ0v) is 12.5. The van der Waals surface area contributed by atoms with Crippen LogP contribution in [0.3, 0.4) is 0 Å². The summed E-state index contributed by atoms with van der Waals surface area (Å²) in [7, 11) is -3.47. The molecular formula is C13H19ClN2O2S. The van der Waals surface area contributed by atoms with Gasteiger partial charge in [-0.1, -0.05) is 18.6 Å². The number of hydrogen-bond acceptors (Lipinski definition) is 2. The monoisotopic (exact) mass is 302 g/mol. The minimum Gasteiger partial charge on any atom is -0.271 e. The van der Waals surface area contributed by atoms with Gasteiger partial charge in [-0.2, -0.15) is 12.7 Å². The van der Waals surface area contributed by atoms with E-state index in [1.807, 2.05) is 13.0 Å². The Morgan fingerprint density at radius 2 is 2.21 bits per heavy atom. The molecule has 6 heteroatoms. The van der Waals surface area contributed by atoms with Crippen LogP contribution in [0.1, 0.15) is 31.7 Å². The van der Waals surface area contributed by atoms with Gasteiger partial charge in [-0.25, -0.2) is 0 Å². The number of alkyl halides is 1. The van der Waals surface area contributed by atoms with Crippen molar-refractivity contribution in [3.05, 3.63) is 29.8 Å². The minimum atomic E-state index is -3.47. The first-order chi connectivity index (χ1) is 9.03. The van der Waals surface area contributed by atoms with Gasteiger partial charge in [0.25, 0.3) is 0 Å². The molecule has 1 unspecified atom stereocenters. The lowest BCUT2D eigenvalue weighted by atomic mass is 10.1. The van der Waals surface area contributed by atoms with E-state index in [0.717, 1.165) is 24.8 Å². The van der Waals surface area contributed by atoms with Gasteiger partial charge in [0, 0.05) is 18.5 Å². The molecule has 0 amide bonds. The van der Waals surface area contributed by atoms with Crippen LogP contribution in [0.25, 0.3) is 0 Å². The average molecular weight is 303 g/mol. The zero-order chi connectivity index (χ0) is 13.9. The van der Waals surface area contributed by atoms with E-state index in [4.69, 9.17) is 11.6 Å². The third kappa shape index (κ3) is 3.61. The maximum Gasteiger partial charge on any atom is 0.301 e. The molecule has 1 aliphatic heterocycles. The van der Waals surface area contributed by atoms with E-state index in [-0.39, 0.29) is 6.04 Å². The Hall–Kier alpha value is -0.780. The standard InChI is InChI=1S/C13H19ClN2O2S/c1-11-5-2-3-8-16(11)19(17,18)15-13-7-4-6-12(9-13)10-14/h4,6-7,9,11,15H,2-3,5,8,10H2,1H3. The largest absolute Gasteiger partial charge is 0.301 e. The van der Waals surface area contributed by atoms with Gasteiger partial charge in [0.15, 0.2) is 0 Å². The molecule has 0 spiro atoms. The fraction of sp³-hybridized carbons (Fsp3) is 0.538. The maximum absolute atomic E-state index is 12.3. The highest BCUT2D eigenvalue weighted by atomic mass is 35.5. The van der Waals surface area contributed by atoms with Crippen molar-refractivity contribution in [1.29, 1.82) is 0 Å². The summed E-state index contributed by atoms with van der Waals surface area (Å²) in [5.74, 6) is 0.371. The summed E-state index contributed by atoms with van der Waals surface area (Å²) in [6.07, 6.45) is 2.94. The Labute approximate surface area is 119 Å². The SMILES string of the molecule is CC1CCCCN1S(=O)(=O)Nc1cccc(CCl)c1. The van der Waals surface area contributed by atoms with Crippen LogP contribution in [0.5, 0.6) is 0 Å². The smallest absolute Gasteiger partial charge is 0.271 e. The fourth-order valence-corrected chi connectivity index (χ4v) is 4.01. The normalized spacial score (nSPS) is 21.3. The second kappa shape index (κ2) is 6.11. The van der Waals surface area contributed by atoms with Crippen molar-refractivity contribution in [2.45, 2.75) is 38.1 Å². The minimum absolute atomic E-state index is 0.0578. The van der Waals surface area contributed by atoms with Crippen molar-refractivity contribution >= 4 is 27.5 Å². The van der Waals surface area contributed by atoms with Crippen molar-refractivity contribution in [2.75, 3.05) is 11.3 Å². The van der Waals surface area contributed by atoms with Crippen LogP contribution >= 0.6 is 11.6 Å². The Bertz CT molecular complexity index is 533. The van der Waals surface area contributed by atoms with Crippen LogP contribution in [0, 0.1) is 0 Å². The van der Waals surface area contributed by atoms with Gasteiger partial charge in [0.05, 0.1) is 5.69 Å². The van der Waals surface area contributed by atoms with Gasteiger partial charge in [0.2, 0.25) is 0 Å². The van der Waals surface area contributed by atoms with Crippen LogP contribution in [0.2, 0.25) is 0 Å². The van der Waals surface area contributed by atoms with Crippen molar-refractivity contribution in [2.24, 2.45) is 0 Å². The molecule has 1 N–H and O–H groups in total. The summed E-state index contributed by atoms with van der Waals surface area (Å²) >= 11 is 5.75. The van der Waals surface area contributed by atoms with E-state index in [2.05, 4.69) is 4.72 Å². The number of benzene rings is 1. The fourth-order valence-electron chi connectivity index (χ4n) is 2.35. The van der Waals surface area contributed by atoms with Gasteiger partial charge in [-0.15, -0.1) is 11.6 Å². The molecule has 1 saturated heterocycles. The number of halogens is 1. The summed E-state index contributed by atoms with van der Waals surface area (Å²) in [4.78, 5) is 0. The maximum atomic E-state index is 12.3. The molecule has 19 heavy (non-hydrogen) atoms. The molecule has 1 aliphatic rings. The van der Waals surface area contributed by atoms with E-state index >= 15 is 0 Å². The molecule has 1 atom stereocenters. The molecule has 1 aromatic rings. The molecule has 4 nitrogen and oxygen atoms in total. The first-order valence-electron chi connectivity index (χ1n) is 6.47. The summed E-state index contributed by atoms with van der Waals surface area (Å²) in [5, 5.41) is 0. The van der Waals surface area contributed by atoms with Crippen molar-refractivity contribution in [3.8, 4) is 0 Å². The van der Waals surface area contributed by atoms with Gasteiger partial charge < -0.3 is 0 Å². The molecule has 0 radical (unpaired) electrons. The highest BCUT2D eigenvalue weighted by molar-refractivity contribution is 7.90.